The molecule has 0 aliphatic rings. The Kier molecular flexibility index (Phi) is 78.8. The van der Waals surface area contributed by atoms with Crippen molar-refractivity contribution in [3.05, 3.63) is 0 Å². The van der Waals surface area contributed by atoms with Crippen LogP contribution in [0.1, 0.15) is 478 Å². The lowest BCUT2D eigenvalue weighted by Gasteiger charge is -2.21. The van der Waals surface area contributed by atoms with Crippen molar-refractivity contribution in [2.75, 3.05) is 39.6 Å². The summed E-state index contributed by atoms with van der Waals surface area (Å²) in [6.45, 7) is 9.64. The molecule has 0 bridgehead atoms. The summed E-state index contributed by atoms with van der Waals surface area (Å²) >= 11 is 0. The number of ether oxygens (including phenoxy) is 4. The molecular weight excluding hydrogens is 1400 g/mol. The Morgan fingerprint density at radius 1 is 0.250 bits per heavy atom. The molecule has 0 spiro atoms. The molecule has 108 heavy (non-hydrogen) atoms. The third-order valence-electron chi connectivity index (χ3n) is 21.0. The second-order valence-electron chi connectivity index (χ2n) is 32.9. The van der Waals surface area contributed by atoms with E-state index in [2.05, 4.69) is 41.5 Å². The number of aliphatic hydroxyl groups is 1. The molecule has 19 heteroatoms. The molecule has 0 aromatic carbocycles. The highest BCUT2D eigenvalue weighted by atomic mass is 31.2. The average Bonchev–Trinajstić information content (AvgIpc) is 0.915. The molecule has 3 N–H and O–H groups in total. The van der Waals surface area contributed by atoms with Crippen LogP contribution in [0.2, 0.25) is 0 Å². The maximum Gasteiger partial charge on any atom is 0.472 e. The molecule has 0 fully saturated rings. The predicted molar refractivity (Wildman–Crippen MR) is 446 cm³/mol. The fraction of sp³-hybridized carbons (Fsp3) is 0.955. The number of carbonyl (C=O) groups is 4. The summed E-state index contributed by atoms with van der Waals surface area (Å²) in [5, 5.41) is 10.7. The van der Waals surface area contributed by atoms with Crippen LogP contribution < -0.4 is 0 Å². The van der Waals surface area contributed by atoms with Gasteiger partial charge in [-0.05, 0) is 37.5 Å². The SMILES string of the molecule is CCCCCCCCCCCCCCCCCCCCCCCC(=O)OC[C@H](COP(=O)(O)OC[C@@H](O)COP(=O)(O)OC[C@@H](COC(=O)CCCCCCCCC(C)C)OC(=O)CCCCCCCCCCCCCCCCCCC)OC(=O)CCCCCCCCCCCCCCCCCCCCC(C)C. The first kappa shape index (κ1) is 106. The van der Waals surface area contributed by atoms with Crippen LogP contribution in [0.3, 0.4) is 0 Å². The number of unbranched alkanes of at least 4 members (excludes halogenated alkanes) is 58. The Balaban J connectivity index is 5.20. The van der Waals surface area contributed by atoms with Gasteiger partial charge in [0.1, 0.15) is 19.3 Å². The van der Waals surface area contributed by atoms with Crippen LogP contribution in [0.15, 0.2) is 0 Å². The number of phosphoric ester groups is 2. The van der Waals surface area contributed by atoms with Crippen LogP contribution in [0.5, 0.6) is 0 Å². The number of rotatable bonds is 88. The van der Waals surface area contributed by atoms with Crippen LogP contribution in [0.4, 0.5) is 0 Å². The molecule has 0 saturated heterocycles. The second kappa shape index (κ2) is 80.3. The Hall–Kier alpha value is -1.94. The van der Waals surface area contributed by atoms with Crippen LogP contribution >= 0.6 is 15.6 Å². The molecular formula is C89H174O17P2. The molecule has 0 amide bonds. The zero-order chi connectivity index (χ0) is 79.2. The summed E-state index contributed by atoms with van der Waals surface area (Å²) < 4.78 is 68.9. The molecule has 0 heterocycles. The highest BCUT2D eigenvalue weighted by Crippen LogP contribution is 2.45. The second-order valence-corrected chi connectivity index (χ2v) is 35.8. The first-order chi connectivity index (χ1) is 52.4. The van der Waals surface area contributed by atoms with E-state index in [1.807, 2.05) is 0 Å². The standard InChI is InChI=1S/C89H174O17P2/c1-7-9-11-13-15-17-19-21-23-25-26-27-28-33-36-40-44-48-52-59-65-71-86(91)99-77-84(105-88(93)73-67-62-54-50-46-42-38-34-30-29-32-35-39-43-47-51-57-63-69-81(3)4)79-103-107(95,96)101-75-83(90)76-102-108(97,98)104-80-85(78-100-87(92)72-66-60-56-55-58-64-70-82(5)6)106-89(94)74-68-61-53-49-45-41-37-31-24-22-20-18-16-14-12-10-8-2/h81-85,90H,7-80H2,1-6H3,(H,95,96)(H,97,98)/t83-,84-,85-/m1/s1. The Labute approximate surface area is 664 Å². The largest absolute Gasteiger partial charge is 0.472 e. The monoisotopic (exact) mass is 1580 g/mol. The zero-order valence-electron chi connectivity index (χ0n) is 71.2. The number of hydrogen-bond acceptors (Lipinski definition) is 15. The molecule has 17 nitrogen and oxygen atoms in total. The van der Waals surface area contributed by atoms with Gasteiger partial charge in [-0.15, -0.1) is 0 Å². The van der Waals surface area contributed by atoms with Crippen molar-refractivity contribution in [1.82, 2.24) is 0 Å². The summed E-state index contributed by atoms with van der Waals surface area (Å²) in [6.07, 6.45) is 74.0. The molecule has 642 valence electrons. The lowest BCUT2D eigenvalue weighted by Crippen LogP contribution is -2.30. The lowest BCUT2D eigenvalue weighted by molar-refractivity contribution is -0.161. The molecule has 0 aliphatic heterocycles. The molecule has 0 radical (unpaired) electrons. The van der Waals surface area contributed by atoms with Gasteiger partial charge in [0.15, 0.2) is 12.2 Å². The minimum Gasteiger partial charge on any atom is -0.462 e. The summed E-state index contributed by atoms with van der Waals surface area (Å²) in [4.78, 5) is 73.3. The quantitative estimate of drug-likeness (QED) is 0.0222. The minimum atomic E-state index is -4.97. The fourth-order valence-corrected chi connectivity index (χ4v) is 15.5. The van der Waals surface area contributed by atoms with Gasteiger partial charge >= 0.3 is 39.5 Å². The topological polar surface area (TPSA) is 237 Å². The van der Waals surface area contributed by atoms with Gasteiger partial charge in [-0.3, -0.25) is 37.3 Å². The van der Waals surface area contributed by atoms with Crippen LogP contribution in [0.25, 0.3) is 0 Å². The highest BCUT2D eigenvalue weighted by Gasteiger charge is 2.31. The van der Waals surface area contributed by atoms with E-state index >= 15 is 0 Å². The van der Waals surface area contributed by atoms with Crippen molar-refractivity contribution in [2.24, 2.45) is 11.8 Å². The molecule has 0 rings (SSSR count). The third kappa shape index (κ3) is 82.1. The fourth-order valence-electron chi connectivity index (χ4n) is 14.0. The van der Waals surface area contributed by atoms with Crippen molar-refractivity contribution >= 4 is 39.5 Å². The smallest absolute Gasteiger partial charge is 0.462 e. The van der Waals surface area contributed by atoms with Crippen LogP contribution in [0, 0.1) is 11.8 Å². The van der Waals surface area contributed by atoms with Crippen molar-refractivity contribution in [1.29, 1.82) is 0 Å². The first-order valence-corrected chi connectivity index (χ1v) is 49.0. The minimum absolute atomic E-state index is 0.108. The maximum atomic E-state index is 13.2. The van der Waals surface area contributed by atoms with Crippen LogP contribution in [-0.4, -0.2) is 96.7 Å². The van der Waals surface area contributed by atoms with E-state index in [9.17, 15) is 43.2 Å². The van der Waals surface area contributed by atoms with Gasteiger partial charge in [-0.1, -0.05) is 427 Å². The Morgan fingerprint density at radius 2 is 0.426 bits per heavy atom. The van der Waals surface area contributed by atoms with E-state index in [1.165, 1.54) is 289 Å². The number of aliphatic hydroxyl groups excluding tert-OH is 1. The van der Waals surface area contributed by atoms with Crippen molar-refractivity contribution in [3.8, 4) is 0 Å². The van der Waals surface area contributed by atoms with E-state index in [-0.39, 0.29) is 25.7 Å². The predicted octanol–water partition coefficient (Wildman–Crippen LogP) is 27.4. The van der Waals surface area contributed by atoms with Gasteiger partial charge < -0.3 is 33.8 Å². The summed E-state index contributed by atoms with van der Waals surface area (Å²) in [6, 6.07) is 0. The van der Waals surface area contributed by atoms with Gasteiger partial charge in [0, 0.05) is 25.7 Å². The van der Waals surface area contributed by atoms with E-state index in [4.69, 9.17) is 37.0 Å². The number of carbonyl (C=O) groups excluding carboxylic acids is 4. The van der Waals surface area contributed by atoms with E-state index in [0.29, 0.717) is 31.6 Å². The summed E-state index contributed by atoms with van der Waals surface area (Å²) in [5.74, 6) is -0.602. The van der Waals surface area contributed by atoms with Gasteiger partial charge in [0.2, 0.25) is 0 Å². The van der Waals surface area contributed by atoms with E-state index in [1.54, 1.807) is 0 Å². The van der Waals surface area contributed by atoms with E-state index in [0.717, 1.165) is 102 Å². The molecule has 2 unspecified atom stereocenters. The molecule has 0 saturated carbocycles. The van der Waals surface area contributed by atoms with E-state index < -0.39 is 97.5 Å². The molecule has 0 aromatic rings. The Morgan fingerprint density at radius 3 is 0.630 bits per heavy atom. The molecule has 0 aliphatic carbocycles. The highest BCUT2D eigenvalue weighted by molar-refractivity contribution is 7.47. The molecule has 0 aromatic heterocycles. The van der Waals surface area contributed by atoms with Crippen LogP contribution in [-0.2, 0) is 65.4 Å². The maximum absolute atomic E-state index is 13.2. The summed E-state index contributed by atoms with van der Waals surface area (Å²) in [5.41, 5.74) is 0. The number of esters is 4. The molecule has 5 atom stereocenters. The first-order valence-electron chi connectivity index (χ1n) is 46.0. The normalized spacial score (nSPS) is 13.8. The van der Waals surface area contributed by atoms with Crippen molar-refractivity contribution in [2.45, 2.75) is 496 Å². The van der Waals surface area contributed by atoms with Crippen molar-refractivity contribution < 1.29 is 80.2 Å². The zero-order valence-corrected chi connectivity index (χ0v) is 73.0. The third-order valence-corrected chi connectivity index (χ3v) is 22.9. The lowest BCUT2D eigenvalue weighted by atomic mass is 10.0. The van der Waals surface area contributed by atoms with Gasteiger partial charge in [-0.25, -0.2) is 9.13 Å². The Bertz CT molecular complexity index is 2060. The van der Waals surface area contributed by atoms with Gasteiger partial charge in [0.25, 0.3) is 0 Å². The van der Waals surface area contributed by atoms with Gasteiger partial charge in [0.05, 0.1) is 26.4 Å². The average molecular weight is 1580 g/mol. The summed E-state index contributed by atoms with van der Waals surface area (Å²) in [7, 11) is -9.93. The van der Waals surface area contributed by atoms with Gasteiger partial charge in [-0.2, -0.15) is 0 Å². The number of hydrogen-bond donors (Lipinski definition) is 3. The van der Waals surface area contributed by atoms with Crippen molar-refractivity contribution in [3.63, 3.8) is 0 Å². The number of phosphoric acid groups is 2.